The third-order valence-electron chi connectivity index (χ3n) is 15.8. The minimum atomic E-state index is -0.659. The van der Waals surface area contributed by atoms with E-state index in [0.717, 1.165) is 51.4 Å². The molecule has 0 heterocycles. The van der Waals surface area contributed by atoms with E-state index in [1.165, 1.54) is 289 Å². The van der Waals surface area contributed by atoms with Crippen molar-refractivity contribution in [1.82, 2.24) is 5.32 Å². The number of hydrogen-bond acceptors (Lipinski definition) is 5. The highest BCUT2D eigenvalue weighted by Crippen LogP contribution is 2.19. The number of rotatable bonds is 63. The largest absolute Gasteiger partial charge is 0.466 e. The monoisotopic (exact) mass is 1040 g/mol. The van der Waals surface area contributed by atoms with Crippen molar-refractivity contribution < 1.29 is 24.5 Å². The summed E-state index contributed by atoms with van der Waals surface area (Å²) in [5.74, 6) is -0.0232. The van der Waals surface area contributed by atoms with Gasteiger partial charge in [0.1, 0.15) is 0 Å². The van der Waals surface area contributed by atoms with Gasteiger partial charge in [-0.05, 0) is 57.8 Å². The van der Waals surface area contributed by atoms with E-state index in [4.69, 9.17) is 4.74 Å². The lowest BCUT2D eigenvalue weighted by Gasteiger charge is -2.22. The van der Waals surface area contributed by atoms with Gasteiger partial charge in [-0.15, -0.1) is 0 Å². The Hall–Kier alpha value is -1.66. The summed E-state index contributed by atoms with van der Waals surface area (Å²) in [5.41, 5.74) is 0. The van der Waals surface area contributed by atoms with E-state index in [0.29, 0.717) is 25.9 Å². The number of carbonyl (C=O) groups excluding carboxylic acids is 2. The Morgan fingerprint density at radius 2 is 0.676 bits per heavy atom. The molecule has 6 nitrogen and oxygen atoms in total. The van der Waals surface area contributed by atoms with E-state index in [-0.39, 0.29) is 18.5 Å². The van der Waals surface area contributed by atoms with Crippen LogP contribution in [-0.2, 0) is 14.3 Å². The molecule has 438 valence electrons. The Morgan fingerprint density at radius 1 is 0.378 bits per heavy atom. The second-order valence-corrected chi connectivity index (χ2v) is 23.2. The van der Waals surface area contributed by atoms with Crippen LogP contribution in [0.5, 0.6) is 0 Å². The Morgan fingerprint density at radius 3 is 1.05 bits per heavy atom. The second kappa shape index (κ2) is 63.9. The van der Waals surface area contributed by atoms with E-state index in [1.54, 1.807) is 0 Å². The maximum atomic E-state index is 12.5. The quantitative estimate of drug-likeness (QED) is 0.0320. The molecule has 0 aliphatic rings. The van der Waals surface area contributed by atoms with Gasteiger partial charge in [-0.2, -0.15) is 0 Å². The fourth-order valence-electron chi connectivity index (χ4n) is 10.6. The van der Waals surface area contributed by atoms with Gasteiger partial charge in [-0.1, -0.05) is 327 Å². The van der Waals surface area contributed by atoms with Gasteiger partial charge < -0.3 is 20.3 Å². The molecule has 2 atom stereocenters. The lowest BCUT2D eigenvalue weighted by Crippen LogP contribution is -2.45. The summed E-state index contributed by atoms with van der Waals surface area (Å²) in [6.45, 7) is 4.94. The molecule has 0 spiro atoms. The minimum absolute atomic E-state index is 0.00696. The third-order valence-corrected chi connectivity index (χ3v) is 15.8. The van der Waals surface area contributed by atoms with Gasteiger partial charge in [0.2, 0.25) is 5.91 Å². The van der Waals surface area contributed by atoms with E-state index in [2.05, 4.69) is 43.5 Å². The van der Waals surface area contributed by atoms with Crippen molar-refractivity contribution in [3.8, 4) is 0 Å². The second-order valence-electron chi connectivity index (χ2n) is 23.2. The number of esters is 1. The third kappa shape index (κ3) is 59.6. The van der Waals surface area contributed by atoms with Gasteiger partial charge in [-0.3, -0.25) is 9.59 Å². The summed E-state index contributed by atoms with van der Waals surface area (Å²) in [6.07, 6.45) is 79.4. The van der Waals surface area contributed by atoms with E-state index in [9.17, 15) is 19.8 Å². The van der Waals surface area contributed by atoms with Crippen LogP contribution in [0.2, 0.25) is 0 Å². The van der Waals surface area contributed by atoms with Crippen molar-refractivity contribution in [2.75, 3.05) is 13.2 Å². The van der Waals surface area contributed by atoms with Crippen LogP contribution in [-0.4, -0.2) is 47.4 Å². The standard InChI is InChI=1S/C68H131NO5/c1-3-5-7-9-11-13-15-16-34-38-42-46-50-54-58-62-68(73)74-63-59-55-51-47-43-39-36-33-31-29-27-25-23-21-19-17-18-20-22-24-26-28-30-32-35-37-41-45-49-53-57-61-67(72)69-65(64-70)66(71)60-56-52-48-44-40-14-12-10-8-6-4-2/h11,13,16,34,65-66,70-71H,3-10,12,14-15,17-33,35-64H2,1-2H3,(H,69,72)/b13-11-,34-16-/t65-,66+/m0/s1. The molecule has 0 bridgehead atoms. The highest BCUT2D eigenvalue weighted by Gasteiger charge is 2.20. The number of allylic oxidation sites excluding steroid dienone is 4. The SMILES string of the molecule is CCCCC/C=C\C/C=C\CCCCCCCC(=O)OCCCCCCCCCCCCCCCCCCCCCCCCCCCCCCCCCC(=O)N[C@@H](CO)[C@H](O)CCCCCCCCCCCCC. The first-order chi connectivity index (χ1) is 36.5. The van der Waals surface area contributed by atoms with Crippen LogP contribution in [0.4, 0.5) is 0 Å². The fraction of sp³-hybridized carbons (Fsp3) is 0.912. The van der Waals surface area contributed by atoms with Gasteiger partial charge in [0.25, 0.3) is 0 Å². The van der Waals surface area contributed by atoms with E-state index in [1.807, 2.05) is 0 Å². The van der Waals surface area contributed by atoms with E-state index < -0.39 is 12.1 Å². The maximum absolute atomic E-state index is 12.5. The average molecular weight is 1040 g/mol. The molecule has 0 saturated heterocycles. The molecule has 0 aliphatic heterocycles. The predicted molar refractivity (Wildman–Crippen MR) is 324 cm³/mol. The Kier molecular flexibility index (Phi) is 62.4. The van der Waals surface area contributed by atoms with Crippen molar-refractivity contribution in [3.05, 3.63) is 24.3 Å². The van der Waals surface area contributed by atoms with Crippen LogP contribution < -0.4 is 5.32 Å². The van der Waals surface area contributed by atoms with Gasteiger partial charge in [-0.25, -0.2) is 0 Å². The van der Waals surface area contributed by atoms with Gasteiger partial charge >= 0.3 is 5.97 Å². The van der Waals surface area contributed by atoms with Crippen LogP contribution in [0.3, 0.4) is 0 Å². The molecule has 3 N–H and O–H groups in total. The number of nitrogens with one attached hydrogen (secondary N) is 1. The molecule has 0 aromatic rings. The number of aliphatic hydroxyl groups excluding tert-OH is 2. The molecule has 0 aromatic carbocycles. The van der Waals surface area contributed by atoms with Crippen molar-refractivity contribution in [2.45, 2.75) is 386 Å². The first kappa shape index (κ1) is 72.3. The first-order valence-electron chi connectivity index (χ1n) is 33.6. The fourth-order valence-corrected chi connectivity index (χ4v) is 10.6. The zero-order chi connectivity index (χ0) is 53.6. The molecule has 0 fully saturated rings. The molecule has 0 aromatic heterocycles. The van der Waals surface area contributed by atoms with Crippen LogP contribution in [0.15, 0.2) is 24.3 Å². The number of unbranched alkanes of at least 4 members (excludes halogenated alkanes) is 48. The smallest absolute Gasteiger partial charge is 0.305 e. The van der Waals surface area contributed by atoms with Gasteiger partial charge in [0.05, 0.1) is 25.4 Å². The Balaban J connectivity index is 3.30. The minimum Gasteiger partial charge on any atom is -0.466 e. The number of hydrogen-bond donors (Lipinski definition) is 3. The molecule has 0 aliphatic carbocycles. The molecular formula is C68H131NO5. The Labute approximate surface area is 462 Å². The summed E-state index contributed by atoms with van der Waals surface area (Å²) in [5, 5.41) is 23.2. The van der Waals surface area contributed by atoms with E-state index >= 15 is 0 Å². The molecule has 6 heteroatoms. The number of carbonyl (C=O) groups is 2. The maximum Gasteiger partial charge on any atom is 0.305 e. The molecule has 1 amide bonds. The topological polar surface area (TPSA) is 95.9 Å². The summed E-state index contributed by atoms with van der Waals surface area (Å²) < 4.78 is 5.49. The number of amides is 1. The van der Waals surface area contributed by atoms with Crippen molar-refractivity contribution in [3.63, 3.8) is 0 Å². The summed E-state index contributed by atoms with van der Waals surface area (Å²) in [6, 6.07) is -0.536. The molecular weight excluding hydrogens is 911 g/mol. The summed E-state index contributed by atoms with van der Waals surface area (Å²) in [4.78, 5) is 24.5. The molecule has 0 rings (SSSR count). The van der Waals surface area contributed by atoms with Crippen LogP contribution in [0.25, 0.3) is 0 Å². The van der Waals surface area contributed by atoms with Crippen LogP contribution >= 0.6 is 0 Å². The molecule has 0 unspecified atom stereocenters. The normalized spacial score (nSPS) is 12.6. The van der Waals surface area contributed by atoms with Crippen LogP contribution in [0.1, 0.15) is 373 Å². The lowest BCUT2D eigenvalue weighted by atomic mass is 10.0. The lowest BCUT2D eigenvalue weighted by molar-refractivity contribution is -0.143. The van der Waals surface area contributed by atoms with Gasteiger partial charge in [0, 0.05) is 12.8 Å². The predicted octanol–water partition coefficient (Wildman–Crippen LogP) is 21.4. The highest BCUT2D eigenvalue weighted by molar-refractivity contribution is 5.76. The van der Waals surface area contributed by atoms with Crippen molar-refractivity contribution in [1.29, 1.82) is 0 Å². The zero-order valence-corrected chi connectivity index (χ0v) is 50.1. The van der Waals surface area contributed by atoms with Crippen LogP contribution in [0, 0.1) is 0 Å². The number of aliphatic hydroxyl groups is 2. The zero-order valence-electron chi connectivity index (χ0n) is 50.1. The summed E-state index contributed by atoms with van der Waals surface area (Å²) in [7, 11) is 0. The molecule has 0 saturated carbocycles. The average Bonchev–Trinajstić information content (AvgIpc) is 3.40. The van der Waals surface area contributed by atoms with Crippen molar-refractivity contribution >= 4 is 11.9 Å². The molecule has 74 heavy (non-hydrogen) atoms. The first-order valence-corrected chi connectivity index (χ1v) is 33.6. The Bertz CT molecular complexity index is 1150. The highest BCUT2D eigenvalue weighted by atomic mass is 16.5. The molecule has 0 radical (unpaired) electrons. The van der Waals surface area contributed by atoms with Crippen molar-refractivity contribution in [2.24, 2.45) is 0 Å². The van der Waals surface area contributed by atoms with Gasteiger partial charge in [0.15, 0.2) is 0 Å². The summed E-state index contributed by atoms with van der Waals surface area (Å²) >= 11 is 0. The number of ether oxygens (including phenoxy) is 1.